The molecular weight excluding hydrogens is 308 g/mol. The zero-order valence-electron chi connectivity index (χ0n) is 13.5. The van der Waals surface area contributed by atoms with Crippen LogP contribution in [0.4, 0.5) is 0 Å². The van der Waals surface area contributed by atoms with Gasteiger partial charge in [0.1, 0.15) is 5.82 Å². The Morgan fingerprint density at radius 2 is 2.13 bits per heavy atom. The van der Waals surface area contributed by atoms with Gasteiger partial charge in [0.25, 0.3) is 0 Å². The number of carbonyl (C=O) groups excluding carboxylic acids is 1. The zero-order chi connectivity index (χ0) is 16.2. The SMILES string of the molecule is CC[C@H](C)NC(=O)CSc1nc(C2CC2)n(-c2ccccc2)n1. The first-order valence-electron chi connectivity index (χ1n) is 8.12. The van der Waals surface area contributed by atoms with E-state index in [1.54, 1.807) is 0 Å². The number of rotatable bonds is 7. The maximum absolute atomic E-state index is 11.9. The van der Waals surface area contributed by atoms with Gasteiger partial charge in [-0.1, -0.05) is 36.9 Å². The van der Waals surface area contributed by atoms with Crippen molar-refractivity contribution in [3.63, 3.8) is 0 Å². The normalized spacial score (nSPS) is 15.4. The molecule has 1 aliphatic carbocycles. The second kappa shape index (κ2) is 7.17. The molecule has 0 aliphatic heterocycles. The van der Waals surface area contributed by atoms with Crippen LogP contribution in [0.3, 0.4) is 0 Å². The van der Waals surface area contributed by atoms with E-state index in [-0.39, 0.29) is 11.9 Å². The van der Waals surface area contributed by atoms with Gasteiger partial charge < -0.3 is 5.32 Å². The fourth-order valence-electron chi connectivity index (χ4n) is 2.28. The maximum atomic E-state index is 11.9. The molecule has 0 saturated heterocycles. The minimum Gasteiger partial charge on any atom is -0.353 e. The molecule has 1 fully saturated rings. The number of aromatic nitrogens is 3. The number of hydrogen-bond acceptors (Lipinski definition) is 4. The van der Waals surface area contributed by atoms with E-state index in [1.165, 1.54) is 24.6 Å². The third kappa shape index (κ3) is 4.13. The fourth-order valence-corrected chi connectivity index (χ4v) is 2.92. The first-order valence-corrected chi connectivity index (χ1v) is 9.10. The van der Waals surface area contributed by atoms with Gasteiger partial charge in [0, 0.05) is 12.0 Å². The van der Waals surface area contributed by atoms with Crippen molar-refractivity contribution < 1.29 is 4.79 Å². The van der Waals surface area contributed by atoms with Crippen molar-refractivity contribution >= 4 is 17.7 Å². The van der Waals surface area contributed by atoms with Gasteiger partial charge in [0.2, 0.25) is 11.1 Å². The van der Waals surface area contributed by atoms with Crippen LogP contribution in [0.25, 0.3) is 5.69 Å². The molecule has 1 N–H and O–H groups in total. The Morgan fingerprint density at radius 1 is 1.39 bits per heavy atom. The van der Waals surface area contributed by atoms with Crippen molar-refractivity contribution in [2.75, 3.05) is 5.75 Å². The van der Waals surface area contributed by atoms with Crippen molar-refractivity contribution in [3.05, 3.63) is 36.2 Å². The highest BCUT2D eigenvalue weighted by molar-refractivity contribution is 7.99. The molecule has 23 heavy (non-hydrogen) atoms. The second-order valence-electron chi connectivity index (χ2n) is 5.94. The third-order valence-corrected chi connectivity index (χ3v) is 4.75. The third-order valence-electron chi connectivity index (χ3n) is 3.91. The predicted molar refractivity (Wildman–Crippen MR) is 92.0 cm³/mol. The Morgan fingerprint density at radius 3 is 2.78 bits per heavy atom. The van der Waals surface area contributed by atoms with E-state index in [0.29, 0.717) is 16.8 Å². The van der Waals surface area contributed by atoms with Gasteiger partial charge in [-0.15, -0.1) is 5.10 Å². The smallest absolute Gasteiger partial charge is 0.230 e. The lowest BCUT2D eigenvalue weighted by Crippen LogP contribution is -2.33. The van der Waals surface area contributed by atoms with Crippen LogP contribution in [0.1, 0.15) is 44.9 Å². The number of nitrogens with one attached hydrogen (secondary N) is 1. The lowest BCUT2D eigenvalue weighted by molar-refractivity contribution is -0.119. The first-order chi connectivity index (χ1) is 11.2. The van der Waals surface area contributed by atoms with Crippen LogP contribution in [0.5, 0.6) is 0 Å². The lowest BCUT2D eigenvalue weighted by Gasteiger charge is -2.09. The minimum absolute atomic E-state index is 0.0355. The van der Waals surface area contributed by atoms with Gasteiger partial charge in [-0.2, -0.15) is 0 Å². The highest BCUT2D eigenvalue weighted by Gasteiger charge is 2.30. The van der Waals surface area contributed by atoms with E-state index in [4.69, 9.17) is 0 Å². The number of carbonyl (C=O) groups is 1. The monoisotopic (exact) mass is 330 g/mol. The van der Waals surface area contributed by atoms with Gasteiger partial charge in [-0.3, -0.25) is 4.79 Å². The molecule has 2 aromatic rings. The van der Waals surface area contributed by atoms with Crippen LogP contribution >= 0.6 is 11.8 Å². The Bertz CT molecular complexity index is 666. The molecule has 1 heterocycles. The van der Waals surface area contributed by atoms with E-state index in [9.17, 15) is 4.79 Å². The molecule has 0 radical (unpaired) electrons. The Hall–Kier alpha value is -1.82. The molecule has 1 aromatic carbocycles. The molecule has 0 spiro atoms. The van der Waals surface area contributed by atoms with E-state index in [0.717, 1.165) is 17.9 Å². The molecule has 5 nitrogen and oxygen atoms in total. The summed E-state index contributed by atoms with van der Waals surface area (Å²) in [6, 6.07) is 10.3. The number of para-hydroxylation sites is 1. The quantitative estimate of drug-likeness (QED) is 0.792. The van der Waals surface area contributed by atoms with Crippen LogP contribution < -0.4 is 5.32 Å². The fraction of sp³-hybridized carbons (Fsp3) is 0.471. The molecule has 1 aromatic heterocycles. The van der Waals surface area contributed by atoms with Crippen LogP contribution in [-0.4, -0.2) is 32.5 Å². The van der Waals surface area contributed by atoms with Gasteiger partial charge in [0.15, 0.2) is 0 Å². The molecule has 0 unspecified atom stereocenters. The van der Waals surface area contributed by atoms with E-state index in [2.05, 4.69) is 22.3 Å². The Labute approximate surface area is 140 Å². The standard InChI is InChI=1S/C17H22N4OS/c1-3-12(2)18-15(22)11-23-17-19-16(13-9-10-13)21(20-17)14-7-5-4-6-8-14/h4-8,12-13H,3,9-11H2,1-2H3,(H,18,22)/t12-/m0/s1. The highest BCUT2D eigenvalue weighted by Crippen LogP contribution is 2.40. The minimum atomic E-state index is 0.0355. The van der Waals surface area contributed by atoms with Crippen LogP contribution in [0.2, 0.25) is 0 Å². The zero-order valence-corrected chi connectivity index (χ0v) is 14.3. The number of thioether (sulfide) groups is 1. The predicted octanol–water partition coefficient (Wildman–Crippen LogP) is 3.15. The van der Waals surface area contributed by atoms with Crippen molar-refractivity contribution in [3.8, 4) is 5.69 Å². The maximum Gasteiger partial charge on any atom is 0.230 e. The van der Waals surface area contributed by atoms with Crippen LogP contribution in [0, 0.1) is 0 Å². The van der Waals surface area contributed by atoms with Gasteiger partial charge in [-0.05, 0) is 38.3 Å². The topological polar surface area (TPSA) is 59.8 Å². The van der Waals surface area contributed by atoms with Gasteiger partial charge in [0.05, 0.1) is 11.4 Å². The van der Waals surface area contributed by atoms with Crippen LogP contribution in [-0.2, 0) is 4.79 Å². The summed E-state index contributed by atoms with van der Waals surface area (Å²) >= 11 is 1.40. The largest absolute Gasteiger partial charge is 0.353 e. The van der Waals surface area contributed by atoms with Crippen LogP contribution in [0.15, 0.2) is 35.5 Å². The molecule has 1 amide bonds. The van der Waals surface area contributed by atoms with Crippen molar-refractivity contribution in [1.29, 1.82) is 0 Å². The average molecular weight is 330 g/mol. The average Bonchev–Trinajstić information content (AvgIpc) is 3.33. The summed E-state index contributed by atoms with van der Waals surface area (Å²) in [7, 11) is 0. The lowest BCUT2D eigenvalue weighted by atomic mass is 10.3. The number of nitrogens with zero attached hydrogens (tertiary/aromatic N) is 3. The van der Waals surface area contributed by atoms with E-state index in [1.807, 2.05) is 41.9 Å². The molecule has 122 valence electrons. The van der Waals surface area contributed by atoms with Crippen molar-refractivity contribution in [2.24, 2.45) is 0 Å². The summed E-state index contributed by atoms with van der Waals surface area (Å²) in [5.74, 6) is 1.91. The summed E-state index contributed by atoms with van der Waals surface area (Å²) in [4.78, 5) is 16.6. The van der Waals surface area contributed by atoms with Gasteiger partial charge in [-0.25, -0.2) is 9.67 Å². The molecule has 1 atom stereocenters. The first kappa shape index (κ1) is 16.1. The van der Waals surface area contributed by atoms with Crippen molar-refractivity contribution in [2.45, 2.75) is 50.2 Å². The summed E-state index contributed by atoms with van der Waals surface area (Å²) in [5, 5.41) is 8.24. The van der Waals surface area contributed by atoms with E-state index >= 15 is 0 Å². The Balaban J connectivity index is 1.70. The van der Waals surface area contributed by atoms with Gasteiger partial charge >= 0.3 is 0 Å². The number of hydrogen-bond donors (Lipinski definition) is 1. The molecule has 6 heteroatoms. The molecule has 0 bridgehead atoms. The Kier molecular flexibility index (Phi) is 5.00. The second-order valence-corrected chi connectivity index (χ2v) is 6.88. The molecule has 3 rings (SSSR count). The number of amides is 1. The highest BCUT2D eigenvalue weighted by atomic mass is 32.2. The molecular formula is C17H22N4OS. The number of benzene rings is 1. The summed E-state index contributed by atoms with van der Waals surface area (Å²) < 4.78 is 1.92. The molecule has 1 aliphatic rings. The molecule has 1 saturated carbocycles. The van der Waals surface area contributed by atoms with E-state index < -0.39 is 0 Å². The summed E-state index contributed by atoms with van der Waals surface area (Å²) in [6.07, 6.45) is 3.28. The summed E-state index contributed by atoms with van der Waals surface area (Å²) in [5.41, 5.74) is 1.03. The van der Waals surface area contributed by atoms with Crippen molar-refractivity contribution in [1.82, 2.24) is 20.1 Å². The summed E-state index contributed by atoms with van der Waals surface area (Å²) in [6.45, 7) is 4.07.